The van der Waals surface area contributed by atoms with Crippen LogP contribution in [-0.2, 0) is 5.41 Å². The van der Waals surface area contributed by atoms with Crippen molar-refractivity contribution in [2.24, 2.45) is 5.92 Å². The average molecular weight is 448 g/mol. The normalized spacial score (nSPS) is 11.2. The van der Waals surface area contributed by atoms with Crippen LogP contribution in [0, 0.1) is 5.92 Å². The van der Waals surface area contributed by atoms with Crippen molar-refractivity contribution in [3.8, 4) is 17.4 Å². The molecule has 174 valence electrons. The first-order chi connectivity index (χ1) is 15.7. The van der Waals surface area contributed by atoms with Gasteiger partial charge in [-0.25, -0.2) is 9.78 Å². The van der Waals surface area contributed by atoms with Crippen LogP contribution in [0.4, 0.5) is 16.2 Å². The van der Waals surface area contributed by atoms with E-state index in [0.29, 0.717) is 35.5 Å². The van der Waals surface area contributed by atoms with Gasteiger partial charge in [-0.05, 0) is 48.1 Å². The van der Waals surface area contributed by atoms with Gasteiger partial charge in [-0.15, -0.1) is 0 Å². The van der Waals surface area contributed by atoms with Gasteiger partial charge in [-0.1, -0.05) is 58.9 Å². The minimum Gasteiger partial charge on any atom is -0.494 e. The molecule has 2 aromatic carbocycles. The van der Waals surface area contributed by atoms with Crippen LogP contribution in [0.15, 0.2) is 66.9 Å². The molecule has 1 aromatic heterocycles. The molecule has 0 spiro atoms. The van der Waals surface area contributed by atoms with Crippen LogP contribution in [0.25, 0.3) is 0 Å². The largest absolute Gasteiger partial charge is 0.494 e. The van der Waals surface area contributed by atoms with E-state index in [1.807, 2.05) is 42.5 Å². The number of carbonyl (C=O) groups is 1. The van der Waals surface area contributed by atoms with Crippen molar-refractivity contribution in [3.05, 3.63) is 72.4 Å². The highest BCUT2D eigenvalue weighted by molar-refractivity contribution is 6.00. The third-order valence-electron chi connectivity index (χ3n) is 4.98. The molecule has 33 heavy (non-hydrogen) atoms. The molecule has 6 nitrogen and oxygen atoms in total. The maximum absolute atomic E-state index is 12.7. The molecule has 0 bridgehead atoms. The zero-order chi connectivity index (χ0) is 23.8. The number of urea groups is 1. The van der Waals surface area contributed by atoms with E-state index >= 15 is 0 Å². The third kappa shape index (κ3) is 7.24. The second kappa shape index (κ2) is 10.9. The number of hydrogen-bond donors (Lipinski definition) is 2. The zero-order valence-corrected chi connectivity index (χ0v) is 20.0. The second-order valence-corrected chi connectivity index (χ2v) is 9.34. The SMILES string of the molecule is CC(C)CCOc1cccc(NC(=O)Nc2cccnc2Oc2ccccc2C(C)(C)C)c1. The molecule has 6 heteroatoms. The summed E-state index contributed by atoms with van der Waals surface area (Å²) in [6, 6.07) is 18.3. The summed E-state index contributed by atoms with van der Waals surface area (Å²) >= 11 is 0. The fourth-order valence-electron chi connectivity index (χ4n) is 3.21. The fourth-order valence-corrected chi connectivity index (χ4v) is 3.21. The van der Waals surface area contributed by atoms with E-state index in [1.165, 1.54) is 0 Å². The minimum atomic E-state index is -0.392. The lowest BCUT2D eigenvalue weighted by atomic mass is 9.86. The van der Waals surface area contributed by atoms with E-state index in [-0.39, 0.29) is 5.41 Å². The van der Waals surface area contributed by atoms with Gasteiger partial charge in [0.1, 0.15) is 17.2 Å². The summed E-state index contributed by atoms with van der Waals surface area (Å²) in [7, 11) is 0. The van der Waals surface area contributed by atoms with Crippen LogP contribution in [0.5, 0.6) is 17.4 Å². The predicted octanol–water partition coefficient (Wildman–Crippen LogP) is 7.24. The highest BCUT2D eigenvalue weighted by atomic mass is 16.5. The third-order valence-corrected chi connectivity index (χ3v) is 4.98. The van der Waals surface area contributed by atoms with Crippen molar-refractivity contribution in [1.82, 2.24) is 4.98 Å². The number of amides is 2. The van der Waals surface area contributed by atoms with Crippen LogP contribution in [0.3, 0.4) is 0 Å². The molecule has 2 amide bonds. The Hall–Kier alpha value is -3.54. The molecule has 0 aliphatic carbocycles. The number of nitrogens with one attached hydrogen (secondary N) is 2. The van der Waals surface area contributed by atoms with Crippen molar-refractivity contribution in [2.75, 3.05) is 17.2 Å². The molecule has 3 aromatic rings. The highest BCUT2D eigenvalue weighted by Gasteiger charge is 2.20. The number of para-hydroxylation sites is 1. The molecular weight excluding hydrogens is 414 g/mol. The summed E-state index contributed by atoms with van der Waals surface area (Å²) in [6.07, 6.45) is 2.61. The van der Waals surface area contributed by atoms with Crippen LogP contribution in [-0.4, -0.2) is 17.6 Å². The van der Waals surface area contributed by atoms with Crippen molar-refractivity contribution in [1.29, 1.82) is 0 Å². The fraction of sp³-hybridized carbons (Fsp3) is 0.333. The summed E-state index contributed by atoms with van der Waals surface area (Å²) in [5.41, 5.74) is 2.07. The lowest BCUT2D eigenvalue weighted by Crippen LogP contribution is -2.20. The van der Waals surface area contributed by atoms with Crippen LogP contribution >= 0.6 is 0 Å². The molecule has 3 rings (SSSR count). The number of aromatic nitrogens is 1. The van der Waals surface area contributed by atoms with E-state index in [0.717, 1.165) is 17.7 Å². The number of benzene rings is 2. The van der Waals surface area contributed by atoms with Gasteiger partial charge in [0.25, 0.3) is 0 Å². The lowest BCUT2D eigenvalue weighted by Gasteiger charge is -2.22. The number of ether oxygens (including phenoxy) is 2. The van der Waals surface area contributed by atoms with Crippen molar-refractivity contribution < 1.29 is 14.3 Å². The predicted molar refractivity (Wildman–Crippen MR) is 133 cm³/mol. The molecule has 0 fully saturated rings. The summed E-state index contributed by atoms with van der Waals surface area (Å²) < 4.78 is 11.9. The van der Waals surface area contributed by atoms with Gasteiger partial charge in [0.05, 0.1) is 6.61 Å². The monoisotopic (exact) mass is 447 g/mol. The summed E-state index contributed by atoms with van der Waals surface area (Å²) in [5.74, 6) is 2.33. The Bertz CT molecular complexity index is 1070. The number of anilines is 2. The standard InChI is InChI=1S/C27H33N3O3/c1-19(2)15-17-32-21-11-8-10-20(18-21)29-26(31)30-23-13-9-16-28-25(23)33-24-14-7-6-12-22(24)27(3,4)5/h6-14,16,18-19H,15,17H2,1-5H3,(H2,29,30,31). The van der Waals surface area contributed by atoms with Crippen molar-refractivity contribution in [3.63, 3.8) is 0 Å². The molecule has 0 radical (unpaired) electrons. The van der Waals surface area contributed by atoms with Crippen molar-refractivity contribution in [2.45, 2.75) is 46.5 Å². The molecular formula is C27H33N3O3. The van der Waals surface area contributed by atoms with Crippen LogP contribution in [0.2, 0.25) is 0 Å². The van der Waals surface area contributed by atoms with E-state index in [4.69, 9.17) is 9.47 Å². The maximum Gasteiger partial charge on any atom is 0.323 e. The second-order valence-electron chi connectivity index (χ2n) is 9.34. The Labute approximate surface area is 196 Å². The van der Waals surface area contributed by atoms with Gasteiger partial charge >= 0.3 is 6.03 Å². The maximum atomic E-state index is 12.7. The number of pyridine rings is 1. The Kier molecular flexibility index (Phi) is 7.93. The summed E-state index contributed by atoms with van der Waals surface area (Å²) in [6.45, 7) is 11.3. The minimum absolute atomic E-state index is 0.0986. The Morgan fingerprint density at radius 3 is 2.55 bits per heavy atom. The Morgan fingerprint density at radius 2 is 1.79 bits per heavy atom. The molecule has 0 saturated carbocycles. The first kappa shape index (κ1) is 24.1. The van der Waals surface area contributed by atoms with Crippen LogP contribution in [0.1, 0.15) is 46.6 Å². The Morgan fingerprint density at radius 1 is 1.00 bits per heavy atom. The topological polar surface area (TPSA) is 72.5 Å². The molecule has 0 saturated heterocycles. The van der Waals surface area contributed by atoms with Crippen LogP contribution < -0.4 is 20.1 Å². The number of carbonyl (C=O) groups excluding carboxylic acids is 1. The zero-order valence-electron chi connectivity index (χ0n) is 20.0. The average Bonchev–Trinajstić information content (AvgIpc) is 2.75. The quantitative estimate of drug-likeness (QED) is 0.382. The molecule has 0 aliphatic heterocycles. The van der Waals surface area contributed by atoms with E-state index in [1.54, 1.807) is 24.4 Å². The van der Waals surface area contributed by atoms with Gasteiger partial charge in [0.15, 0.2) is 0 Å². The number of hydrogen-bond acceptors (Lipinski definition) is 4. The smallest absolute Gasteiger partial charge is 0.323 e. The first-order valence-electron chi connectivity index (χ1n) is 11.3. The summed E-state index contributed by atoms with van der Waals surface area (Å²) in [5, 5.41) is 5.68. The first-order valence-corrected chi connectivity index (χ1v) is 11.3. The molecule has 0 aliphatic rings. The van der Waals surface area contributed by atoms with E-state index < -0.39 is 6.03 Å². The van der Waals surface area contributed by atoms with Gasteiger partial charge < -0.3 is 20.1 Å². The molecule has 0 unspecified atom stereocenters. The number of nitrogens with zero attached hydrogens (tertiary/aromatic N) is 1. The van der Waals surface area contributed by atoms with Gasteiger partial charge in [0.2, 0.25) is 5.88 Å². The van der Waals surface area contributed by atoms with Gasteiger partial charge in [-0.3, -0.25) is 0 Å². The lowest BCUT2D eigenvalue weighted by molar-refractivity contribution is 0.262. The molecule has 0 atom stereocenters. The van der Waals surface area contributed by atoms with E-state index in [9.17, 15) is 4.79 Å². The molecule has 2 N–H and O–H groups in total. The Balaban J connectivity index is 1.69. The van der Waals surface area contributed by atoms with Crippen molar-refractivity contribution >= 4 is 17.4 Å². The summed E-state index contributed by atoms with van der Waals surface area (Å²) in [4.78, 5) is 17.0. The molecule has 1 heterocycles. The highest BCUT2D eigenvalue weighted by Crippen LogP contribution is 2.35. The van der Waals surface area contributed by atoms with E-state index in [2.05, 4.69) is 50.2 Å². The van der Waals surface area contributed by atoms with Gasteiger partial charge in [0, 0.05) is 23.5 Å². The van der Waals surface area contributed by atoms with Gasteiger partial charge in [-0.2, -0.15) is 0 Å². The number of rotatable bonds is 8.